The zero-order valence-corrected chi connectivity index (χ0v) is 12.2. The van der Waals surface area contributed by atoms with Gasteiger partial charge >= 0.3 is 5.97 Å². The molecule has 0 saturated carbocycles. The van der Waals surface area contributed by atoms with Gasteiger partial charge in [0.25, 0.3) is 11.6 Å². The average Bonchev–Trinajstić information content (AvgIpc) is 2.90. The minimum atomic E-state index is -1.11. The third-order valence-corrected chi connectivity index (χ3v) is 3.67. The van der Waals surface area contributed by atoms with E-state index in [0.717, 1.165) is 0 Å². The van der Waals surface area contributed by atoms with Crippen molar-refractivity contribution in [3.05, 3.63) is 32.8 Å². The number of carboxylic acid groups (broad SMARTS) is 1. The lowest BCUT2D eigenvalue weighted by Crippen LogP contribution is -2.29. The molecule has 0 radical (unpaired) electrons. The normalized spacial score (nSPS) is 21.0. The van der Waals surface area contributed by atoms with Crippen LogP contribution in [0.25, 0.3) is 0 Å². The van der Waals surface area contributed by atoms with E-state index in [1.807, 2.05) is 0 Å². The van der Waals surface area contributed by atoms with E-state index in [2.05, 4.69) is 21.2 Å². The summed E-state index contributed by atoms with van der Waals surface area (Å²) < 4.78 is 5.40. The highest BCUT2D eigenvalue weighted by molar-refractivity contribution is 9.10. The lowest BCUT2D eigenvalue weighted by molar-refractivity contribution is -0.385. The molecule has 2 atom stereocenters. The van der Waals surface area contributed by atoms with Crippen LogP contribution in [0, 0.1) is 10.1 Å². The van der Waals surface area contributed by atoms with E-state index in [-0.39, 0.29) is 17.8 Å². The summed E-state index contributed by atoms with van der Waals surface area (Å²) in [6.07, 6.45) is -1.30. The topological polar surface area (TPSA) is 119 Å². The van der Waals surface area contributed by atoms with Gasteiger partial charge < -0.3 is 15.2 Å². The maximum Gasteiger partial charge on any atom is 0.332 e. The lowest BCUT2D eigenvalue weighted by Gasteiger charge is -2.11. The number of rotatable bonds is 4. The Morgan fingerprint density at radius 2 is 2.05 bits per heavy atom. The van der Waals surface area contributed by atoms with Crippen molar-refractivity contribution in [2.24, 2.45) is 0 Å². The van der Waals surface area contributed by atoms with E-state index in [1.54, 1.807) is 0 Å². The highest BCUT2D eigenvalue weighted by Crippen LogP contribution is 2.28. The highest BCUT2D eigenvalue weighted by Gasteiger charge is 2.34. The molecule has 8 nitrogen and oxygen atoms in total. The molecule has 0 aliphatic carbocycles. The summed E-state index contributed by atoms with van der Waals surface area (Å²) in [6, 6.07) is 4.16. The van der Waals surface area contributed by atoms with Crippen LogP contribution in [-0.2, 0) is 14.3 Å². The van der Waals surface area contributed by atoms with E-state index < -0.39 is 29.0 Å². The lowest BCUT2D eigenvalue weighted by atomic mass is 10.2. The van der Waals surface area contributed by atoms with Crippen molar-refractivity contribution in [2.75, 3.05) is 5.32 Å². The molecule has 1 amide bonds. The number of nitrogens with one attached hydrogen (secondary N) is 1. The van der Waals surface area contributed by atoms with Crippen molar-refractivity contribution in [2.45, 2.75) is 25.0 Å². The zero-order valence-electron chi connectivity index (χ0n) is 10.6. The first kappa shape index (κ1) is 15.4. The maximum absolute atomic E-state index is 11.9. The highest BCUT2D eigenvalue weighted by atomic mass is 79.9. The number of nitro benzene ring substituents is 1. The van der Waals surface area contributed by atoms with Gasteiger partial charge in [0.2, 0.25) is 0 Å². The third-order valence-electron chi connectivity index (χ3n) is 3.00. The van der Waals surface area contributed by atoms with Crippen LogP contribution in [-0.4, -0.2) is 34.1 Å². The summed E-state index contributed by atoms with van der Waals surface area (Å²) in [5, 5.41) is 22.1. The quantitative estimate of drug-likeness (QED) is 0.626. The molecule has 1 aromatic rings. The Hall–Kier alpha value is -2.00. The van der Waals surface area contributed by atoms with Crippen molar-refractivity contribution >= 4 is 39.2 Å². The first-order valence-corrected chi connectivity index (χ1v) is 6.81. The average molecular weight is 359 g/mol. The van der Waals surface area contributed by atoms with Gasteiger partial charge in [-0.2, -0.15) is 0 Å². The second-order valence-electron chi connectivity index (χ2n) is 4.44. The molecule has 1 fully saturated rings. The molecule has 0 bridgehead atoms. The molecule has 9 heteroatoms. The number of hydrogen-bond donors (Lipinski definition) is 2. The molecular formula is C12H11BrN2O6. The number of nitrogens with zero attached hydrogens (tertiary/aromatic N) is 1. The molecule has 2 rings (SSSR count). The first-order valence-electron chi connectivity index (χ1n) is 6.01. The molecule has 112 valence electrons. The third kappa shape index (κ3) is 3.56. The van der Waals surface area contributed by atoms with Crippen LogP contribution in [0.3, 0.4) is 0 Å². The molecule has 2 N–H and O–H groups in total. The predicted molar refractivity (Wildman–Crippen MR) is 75.0 cm³/mol. The van der Waals surface area contributed by atoms with Gasteiger partial charge in [-0.1, -0.05) is 0 Å². The van der Waals surface area contributed by atoms with E-state index in [1.165, 1.54) is 18.2 Å². The fraction of sp³-hybridized carbons (Fsp3) is 0.333. The molecule has 1 heterocycles. The number of carbonyl (C=O) groups excluding carboxylic acids is 1. The summed E-state index contributed by atoms with van der Waals surface area (Å²) in [6.45, 7) is 0. The summed E-state index contributed by atoms with van der Waals surface area (Å²) in [4.78, 5) is 32.9. The smallest absolute Gasteiger partial charge is 0.332 e. The van der Waals surface area contributed by atoms with Crippen LogP contribution < -0.4 is 5.32 Å². The van der Waals surface area contributed by atoms with E-state index in [0.29, 0.717) is 10.9 Å². The van der Waals surface area contributed by atoms with Crippen molar-refractivity contribution in [1.29, 1.82) is 0 Å². The van der Waals surface area contributed by atoms with Crippen LogP contribution in [0.1, 0.15) is 12.8 Å². The molecule has 1 aliphatic rings. The second-order valence-corrected chi connectivity index (χ2v) is 5.30. The Balaban J connectivity index is 2.05. The number of anilines is 1. The minimum absolute atomic E-state index is 0.177. The van der Waals surface area contributed by atoms with Gasteiger partial charge in [-0.3, -0.25) is 14.9 Å². The Morgan fingerprint density at radius 3 is 2.62 bits per heavy atom. The monoisotopic (exact) mass is 358 g/mol. The van der Waals surface area contributed by atoms with Crippen LogP contribution in [0.2, 0.25) is 0 Å². The van der Waals surface area contributed by atoms with Crippen LogP contribution in [0.4, 0.5) is 11.4 Å². The van der Waals surface area contributed by atoms with Gasteiger partial charge in [0, 0.05) is 11.8 Å². The number of hydrogen-bond acceptors (Lipinski definition) is 5. The maximum atomic E-state index is 11.9. The molecular weight excluding hydrogens is 348 g/mol. The first-order chi connectivity index (χ1) is 9.88. The molecule has 1 saturated heterocycles. The van der Waals surface area contributed by atoms with Crippen LogP contribution in [0.15, 0.2) is 22.7 Å². The van der Waals surface area contributed by atoms with Crippen molar-refractivity contribution in [3.63, 3.8) is 0 Å². The van der Waals surface area contributed by atoms with E-state index >= 15 is 0 Å². The number of aliphatic carboxylic acids is 1. The number of halogens is 1. The second kappa shape index (κ2) is 6.19. The Bertz CT molecular complexity index is 605. The Labute approximate surface area is 127 Å². The fourth-order valence-corrected chi connectivity index (χ4v) is 2.36. The number of carboxylic acids is 1. The van der Waals surface area contributed by atoms with E-state index in [9.17, 15) is 19.7 Å². The number of carbonyl (C=O) groups is 2. The molecule has 1 aliphatic heterocycles. The summed E-state index contributed by atoms with van der Waals surface area (Å²) in [5.41, 5.74) is 0.0702. The van der Waals surface area contributed by atoms with Gasteiger partial charge in [0.1, 0.15) is 6.10 Å². The number of nitro groups is 1. The van der Waals surface area contributed by atoms with Crippen LogP contribution >= 0.6 is 15.9 Å². The van der Waals surface area contributed by atoms with Gasteiger partial charge in [-0.05, 0) is 40.9 Å². The van der Waals surface area contributed by atoms with Crippen LogP contribution in [0.5, 0.6) is 0 Å². The van der Waals surface area contributed by atoms with E-state index in [4.69, 9.17) is 9.84 Å². The molecule has 0 spiro atoms. The largest absolute Gasteiger partial charge is 0.479 e. The number of benzene rings is 1. The van der Waals surface area contributed by atoms with Gasteiger partial charge in [-0.25, -0.2) is 4.79 Å². The number of ether oxygens (including phenoxy) is 1. The van der Waals surface area contributed by atoms with Crippen molar-refractivity contribution in [1.82, 2.24) is 0 Å². The van der Waals surface area contributed by atoms with Gasteiger partial charge in [0.05, 0.1) is 9.40 Å². The van der Waals surface area contributed by atoms with Crippen molar-refractivity contribution < 1.29 is 24.4 Å². The molecule has 0 aromatic heterocycles. The summed E-state index contributed by atoms with van der Waals surface area (Å²) in [7, 11) is 0. The van der Waals surface area contributed by atoms with Crippen molar-refractivity contribution in [3.8, 4) is 0 Å². The molecule has 21 heavy (non-hydrogen) atoms. The number of amides is 1. The fourth-order valence-electron chi connectivity index (χ4n) is 1.96. The van der Waals surface area contributed by atoms with Gasteiger partial charge in [0.15, 0.2) is 6.10 Å². The SMILES string of the molecule is O=C(O)C1CCC(C(=O)Nc2ccc(Br)c([N+](=O)[O-])c2)O1. The van der Waals surface area contributed by atoms with Gasteiger partial charge in [-0.15, -0.1) is 0 Å². The summed E-state index contributed by atoms with van der Waals surface area (Å²) in [5.74, 6) is -1.63. The molecule has 2 unspecified atom stereocenters. The molecule has 1 aromatic carbocycles. The summed E-state index contributed by atoms with van der Waals surface area (Å²) >= 11 is 3.04. The minimum Gasteiger partial charge on any atom is -0.479 e. The zero-order chi connectivity index (χ0) is 15.6. The Kier molecular flexibility index (Phi) is 4.53. The standard InChI is InChI=1S/C12H11BrN2O6/c13-7-2-1-6(5-8(7)15(19)20)14-11(16)9-3-4-10(21-9)12(17)18/h1-2,5,9-10H,3-4H2,(H,14,16)(H,17,18). The predicted octanol–water partition coefficient (Wildman–Crippen LogP) is 1.93. The Morgan fingerprint density at radius 1 is 1.38 bits per heavy atom.